The molecule has 0 radical (unpaired) electrons. The zero-order valence-corrected chi connectivity index (χ0v) is 20.3. The molecule has 4 rings (SSSR count). The van der Waals surface area contributed by atoms with E-state index >= 15 is 0 Å². The molecule has 9 nitrogen and oxygen atoms in total. The number of nitrogens with one attached hydrogen (secondary N) is 3. The molecule has 1 atom stereocenters. The van der Waals surface area contributed by atoms with Gasteiger partial charge in [-0.2, -0.15) is 9.78 Å². The first-order valence-electron chi connectivity index (χ1n) is 10.6. The number of rotatable bonds is 5. The molecule has 36 heavy (non-hydrogen) atoms. The summed E-state index contributed by atoms with van der Waals surface area (Å²) in [4.78, 5) is 44.5. The highest BCUT2D eigenvalue weighted by Crippen LogP contribution is 2.38. The van der Waals surface area contributed by atoms with E-state index < -0.39 is 22.6 Å². The van der Waals surface area contributed by atoms with Crippen LogP contribution in [0.2, 0.25) is 10.0 Å². The third kappa shape index (κ3) is 4.93. The van der Waals surface area contributed by atoms with Crippen LogP contribution in [0.1, 0.15) is 23.6 Å². The first-order valence-corrected chi connectivity index (χ1v) is 11.3. The fraction of sp³-hybridized carbons (Fsp3) is 0.0800. The van der Waals surface area contributed by atoms with E-state index in [1.165, 1.54) is 12.1 Å². The van der Waals surface area contributed by atoms with Crippen LogP contribution in [-0.2, 0) is 15.0 Å². The lowest BCUT2D eigenvalue weighted by molar-refractivity contribution is -0.152. The molecule has 3 N–H and O–H groups in total. The molecular formula is C25H19Cl2N5O4. The second-order valence-electron chi connectivity index (χ2n) is 7.88. The number of hydrogen-bond acceptors (Lipinski definition) is 6. The molecule has 1 heterocycles. The minimum absolute atomic E-state index is 0.104. The zero-order chi connectivity index (χ0) is 25.9. The van der Waals surface area contributed by atoms with Gasteiger partial charge in [0.25, 0.3) is 5.56 Å². The maximum absolute atomic E-state index is 13.5. The Labute approximate surface area is 214 Å². The Morgan fingerprint density at radius 3 is 2.39 bits per heavy atom. The van der Waals surface area contributed by atoms with Crippen LogP contribution in [0.3, 0.4) is 0 Å². The number of halogens is 2. The standard InChI is InChI=1S/C25H19Cl2N5O4/c1-25(16-7-9-17(26)10-8-16,23(34)36-31-22(28)15-5-3-2-4-6-15)19-12-11-18(13-20(19)27)32-24(35)30-21(33)14-29-32/h2-14H,1H3,(H2,28,31)(H,30,33,35). The lowest BCUT2D eigenvalue weighted by atomic mass is 9.76. The van der Waals surface area contributed by atoms with E-state index in [9.17, 15) is 14.4 Å². The van der Waals surface area contributed by atoms with E-state index in [1.54, 1.807) is 61.5 Å². The van der Waals surface area contributed by atoms with Crippen LogP contribution in [0.5, 0.6) is 0 Å². The quantitative estimate of drug-likeness (QED) is 0.208. The van der Waals surface area contributed by atoms with Crippen molar-refractivity contribution in [2.45, 2.75) is 12.3 Å². The lowest BCUT2D eigenvalue weighted by Crippen LogP contribution is -2.40. The van der Waals surface area contributed by atoms with Gasteiger partial charge in [0.05, 0.1) is 5.69 Å². The first kappa shape index (κ1) is 24.9. The SMILES string of the molecule is CC(C(=O)ONC(=N)c1ccccc1)(c1ccc(Cl)cc1)c1ccc(-n2ncc(=O)[nH]c2=O)cc1Cl. The minimum Gasteiger partial charge on any atom is -0.341 e. The molecule has 3 aromatic carbocycles. The van der Waals surface area contributed by atoms with Gasteiger partial charge in [-0.3, -0.25) is 15.2 Å². The summed E-state index contributed by atoms with van der Waals surface area (Å²) in [5.41, 5.74) is 1.29. The Morgan fingerprint density at radius 1 is 1.06 bits per heavy atom. The minimum atomic E-state index is -1.44. The van der Waals surface area contributed by atoms with E-state index in [2.05, 4.69) is 15.6 Å². The van der Waals surface area contributed by atoms with Crippen LogP contribution < -0.4 is 16.7 Å². The van der Waals surface area contributed by atoms with Crippen molar-refractivity contribution in [2.24, 2.45) is 0 Å². The molecule has 0 saturated carbocycles. The van der Waals surface area contributed by atoms with Crippen LogP contribution in [0.4, 0.5) is 0 Å². The molecule has 1 aromatic heterocycles. The normalized spacial score (nSPS) is 12.4. The number of hydroxylamine groups is 1. The van der Waals surface area contributed by atoms with Gasteiger partial charge < -0.3 is 4.84 Å². The summed E-state index contributed by atoms with van der Waals surface area (Å²) in [6, 6.07) is 19.9. The fourth-order valence-corrected chi connectivity index (χ4v) is 4.10. The van der Waals surface area contributed by atoms with Gasteiger partial charge in [-0.15, -0.1) is 0 Å². The molecule has 0 bridgehead atoms. The predicted octanol–water partition coefficient (Wildman–Crippen LogP) is 3.61. The molecule has 0 aliphatic heterocycles. The summed E-state index contributed by atoms with van der Waals surface area (Å²) in [5, 5.41) is 12.6. The average molecular weight is 524 g/mol. The van der Waals surface area contributed by atoms with Crippen molar-refractivity contribution >= 4 is 35.0 Å². The van der Waals surface area contributed by atoms with Gasteiger partial charge in [0.15, 0.2) is 5.84 Å². The summed E-state index contributed by atoms with van der Waals surface area (Å²) in [6.45, 7) is 1.62. The second-order valence-corrected chi connectivity index (χ2v) is 8.72. The van der Waals surface area contributed by atoms with Gasteiger partial charge in [-0.05, 0) is 42.3 Å². The molecule has 1 unspecified atom stereocenters. The number of aromatic amines is 1. The van der Waals surface area contributed by atoms with Crippen molar-refractivity contribution in [3.05, 3.63) is 127 Å². The second kappa shape index (κ2) is 10.2. The molecule has 0 saturated heterocycles. The number of aromatic nitrogens is 3. The van der Waals surface area contributed by atoms with Crippen molar-refractivity contribution in [1.82, 2.24) is 20.2 Å². The van der Waals surface area contributed by atoms with Gasteiger partial charge in [0, 0.05) is 15.6 Å². The van der Waals surface area contributed by atoms with Crippen molar-refractivity contribution in [2.75, 3.05) is 0 Å². The van der Waals surface area contributed by atoms with Gasteiger partial charge >= 0.3 is 11.7 Å². The Balaban J connectivity index is 1.73. The average Bonchev–Trinajstić information content (AvgIpc) is 2.87. The number of carbonyl (C=O) groups is 1. The van der Waals surface area contributed by atoms with Crippen molar-refractivity contribution in [3.8, 4) is 5.69 Å². The van der Waals surface area contributed by atoms with Crippen LogP contribution in [0.25, 0.3) is 5.69 Å². The molecule has 0 fully saturated rings. The first-order chi connectivity index (χ1) is 17.2. The van der Waals surface area contributed by atoms with Crippen LogP contribution in [-0.4, -0.2) is 26.6 Å². The number of amidine groups is 1. The highest BCUT2D eigenvalue weighted by atomic mass is 35.5. The summed E-state index contributed by atoms with van der Waals surface area (Å²) in [6.07, 6.45) is 0.964. The maximum atomic E-state index is 13.5. The highest BCUT2D eigenvalue weighted by molar-refractivity contribution is 6.32. The number of nitrogens with zero attached hydrogens (tertiary/aromatic N) is 2. The van der Waals surface area contributed by atoms with Crippen LogP contribution >= 0.6 is 23.2 Å². The molecule has 4 aromatic rings. The van der Waals surface area contributed by atoms with E-state index in [1.807, 2.05) is 6.07 Å². The van der Waals surface area contributed by atoms with E-state index in [0.29, 0.717) is 21.7 Å². The Hall–Kier alpha value is -4.21. The van der Waals surface area contributed by atoms with Gasteiger partial charge in [-0.1, -0.05) is 71.7 Å². The van der Waals surface area contributed by atoms with Gasteiger partial charge in [-0.25, -0.2) is 15.1 Å². The Kier molecular flexibility index (Phi) is 7.05. The molecular weight excluding hydrogens is 505 g/mol. The maximum Gasteiger partial charge on any atom is 0.349 e. The number of hydrogen-bond donors (Lipinski definition) is 3. The summed E-state index contributed by atoms with van der Waals surface area (Å²) >= 11 is 12.7. The topological polar surface area (TPSA) is 130 Å². The van der Waals surface area contributed by atoms with E-state index in [0.717, 1.165) is 10.9 Å². The van der Waals surface area contributed by atoms with E-state index in [-0.39, 0.29) is 16.5 Å². The van der Waals surface area contributed by atoms with Crippen LogP contribution in [0.15, 0.2) is 88.6 Å². The fourth-order valence-electron chi connectivity index (χ4n) is 3.61. The van der Waals surface area contributed by atoms with E-state index in [4.69, 9.17) is 33.4 Å². The zero-order valence-electron chi connectivity index (χ0n) is 18.8. The predicted molar refractivity (Wildman–Crippen MR) is 136 cm³/mol. The smallest absolute Gasteiger partial charge is 0.341 e. The molecule has 182 valence electrons. The van der Waals surface area contributed by atoms with Gasteiger partial charge in [0.2, 0.25) is 0 Å². The highest BCUT2D eigenvalue weighted by Gasteiger charge is 2.41. The third-order valence-electron chi connectivity index (χ3n) is 5.59. The molecule has 0 spiro atoms. The summed E-state index contributed by atoms with van der Waals surface area (Å²) in [5.74, 6) is -0.841. The van der Waals surface area contributed by atoms with Crippen molar-refractivity contribution in [1.29, 1.82) is 5.41 Å². The Bertz CT molecular complexity index is 1550. The van der Waals surface area contributed by atoms with Gasteiger partial charge in [0.1, 0.15) is 11.6 Å². The monoisotopic (exact) mass is 523 g/mol. The van der Waals surface area contributed by atoms with Crippen molar-refractivity contribution in [3.63, 3.8) is 0 Å². The molecule has 0 aliphatic rings. The number of benzene rings is 3. The Morgan fingerprint density at radius 2 is 1.75 bits per heavy atom. The summed E-state index contributed by atoms with van der Waals surface area (Å²) < 4.78 is 0.970. The third-order valence-corrected chi connectivity index (χ3v) is 6.15. The molecule has 0 aliphatic carbocycles. The summed E-state index contributed by atoms with van der Waals surface area (Å²) in [7, 11) is 0. The molecule has 11 heteroatoms. The number of H-pyrrole nitrogens is 1. The van der Waals surface area contributed by atoms with Crippen LogP contribution in [0, 0.1) is 5.41 Å². The number of carbonyl (C=O) groups excluding carboxylic acids is 1. The van der Waals surface area contributed by atoms with Crippen molar-refractivity contribution < 1.29 is 9.63 Å². The molecule has 0 amide bonds. The largest absolute Gasteiger partial charge is 0.349 e. The lowest BCUT2D eigenvalue weighted by Gasteiger charge is -2.29.